The van der Waals surface area contributed by atoms with Crippen molar-refractivity contribution in [1.82, 2.24) is 4.90 Å². The summed E-state index contributed by atoms with van der Waals surface area (Å²) < 4.78 is 0. The molecule has 0 unspecified atom stereocenters. The van der Waals surface area contributed by atoms with Crippen LogP contribution in [0, 0.1) is 5.92 Å². The maximum atomic E-state index is 5.87. The summed E-state index contributed by atoms with van der Waals surface area (Å²) in [7, 11) is 0. The van der Waals surface area contributed by atoms with Gasteiger partial charge in [-0.2, -0.15) is 0 Å². The van der Waals surface area contributed by atoms with E-state index in [1.165, 1.54) is 32.2 Å². The van der Waals surface area contributed by atoms with E-state index in [1.807, 2.05) is 0 Å². The summed E-state index contributed by atoms with van der Waals surface area (Å²) in [5, 5.41) is 0. The SMILES string of the molecule is CC[C@@H]1[C@@H](CN)CCCCN1C(C)C. The average molecular weight is 198 g/mol. The first kappa shape index (κ1) is 12.0. The minimum Gasteiger partial charge on any atom is -0.330 e. The Kier molecular flexibility index (Phi) is 4.90. The maximum absolute atomic E-state index is 5.87. The van der Waals surface area contributed by atoms with Crippen LogP contribution >= 0.6 is 0 Å². The van der Waals surface area contributed by atoms with Crippen molar-refractivity contribution in [2.45, 2.75) is 58.5 Å². The first-order valence-corrected chi connectivity index (χ1v) is 6.16. The molecule has 0 spiro atoms. The number of nitrogens with two attached hydrogens (primary N) is 1. The van der Waals surface area contributed by atoms with Crippen LogP contribution < -0.4 is 5.73 Å². The number of hydrogen-bond acceptors (Lipinski definition) is 2. The summed E-state index contributed by atoms with van der Waals surface area (Å²) in [5.41, 5.74) is 5.87. The topological polar surface area (TPSA) is 29.3 Å². The van der Waals surface area contributed by atoms with Crippen molar-refractivity contribution in [3.63, 3.8) is 0 Å². The molecule has 84 valence electrons. The van der Waals surface area contributed by atoms with Gasteiger partial charge in [0.25, 0.3) is 0 Å². The lowest BCUT2D eigenvalue weighted by molar-refractivity contribution is 0.117. The van der Waals surface area contributed by atoms with E-state index < -0.39 is 0 Å². The fourth-order valence-electron chi connectivity index (χ4n) is 2.81. The Morgan fingerprint density at radius 1 is 1.36 bits per heavy atom. The third-order valence-electron chi connectivity index (χ3n) is 3.60. The largest absolute Gasteiger partial charge is 0.330 e. The highest BCUT2D eigenvalue weighted by Crippen LogP contribution is 2.25. The van der Waals surface area contributed by atoms with Crippen LogP contribution in [0.25, 0.3) is 0 Å². The van der Waals surface area contributed by atoms with Crippen LogP contribution in [0.2, 0.25) is 0 Å². The van der Waals surface area contributed by atoms with Crippen molar-refractivity contribution >= 4 is 0 Å². The predicted molar refractivity (Wildman–Crippen MR) is 62.3 cm³/mol. The molecule has 1 heterocycles. The van der Waals surface area contributed by atoms with Crippen LogP contribution in [0.5, 0.6) is 0 Å². The van der Waals surface area contributed by atoms with Gasteiger partial charge in [0.15, 0.2) is 0 Å². The molecule has 1 fully saturated rings. The molecular formula is C12H26N2. The minimum absolute atomic E-state index is 0.673. The Morgan fingerprint density at radius 3 is 2.57 bits per heavy atom. The van der Waals surface area contributed by atoms with E-state index >= 15 is 0 Å². The second-order valence-electron chi connectivity index (χ2n) is 4.80. The molecule has 0 aliphatic carbocycles. The van der Waals surface area contributed by atoms with Gasteiger partial charge in [-0.15, -0.1) is 0 Å². The summed E-state index contributed by atoms with van der Waals surface area (Å²) >= 11 is 0. The van der Waals surface area contributed by atoms with E-state index in [0.717, 1.165) is 18.5 Å². The minimum atomic E-state index is 0.673. The van der Waals surface area contributed by atoms with Crippen LogP contribution in [0.15, 0.2) is 0 Å². The van der Waals surface area contributed by atoms with Crippen molar-refractivity contribution < 1.29 is 0 Å². The van der Waals surface area contributed by atoms with E-state index in [9.17, 15) is 0 Å². The number of nitrogens with zero attached hydrogens (tertiary/aromatic N) is 1. The third kappa shape index (κ3) is 2.71. The Hall–Kier alpha value is -0.0800. The number of likely N-dealkylation sites (tertiary alicyclic amines) is 1. The molecular weight excluding hydrogens is 172 g/mol. The molecule has 0 radical (unpaired) electrons. The lowest BCUT2D eigenvalue weighted by atomic mass is 9.92. The van der Waals surface area contributed by atoms with Crippen LogP contribution in [0.1, 0.15) is 46.5 Å². The Labute approximate surface area is 88.8 Å². The first-order chi connectivity index (χ1) is 6.70. The highest BCUT2D eigenvalue weighted by molar-refractivity contribution is 4.83. The van der Waals surface area contributed by atoms with Gasteiger partial charge >= 0.3 is 0 Å². The number of hydrogen-bond donors (Lipinski definition) is 1. The van der Waals surface area contributed by atoms with E-state index in [-0.39, 0.29) is 0 Å². The summed E-state index contributed by atoms with van der Waals surface area (Å²) in [5.74, 6) is 0.727. The monoisotopic (exact) mass is 198 g/mol. The predicted octanol–water partition coefficient (Wildman–Crippen LogP) is 2.23. The molecule has 14 heavy (non-hydrogen) atoms. The zero-order chi connectivity index (χ0) is 10.6. The first-order valence-electron chi connectivity index (χ1n) is 6.16. The molecule has 0 amide bonds. The molecule has 1 rings (SSSR count). The zero-order valence-corrected chi connectivity index (χ0v) is 10.00. The van der Waals surface area contributed by atoms with E-state index in [1.54, 1.807) is 0 Å². The van der Waals surface area contributed by atoms with E-state index in [2.05, 4.69) is 25.7 Å². The van der Waals surface area contributed by atoms with Crippen LogP contribution in [-0.4, -0.2) is 30.1 Å². The van der Waals surface area contributed by atoms with Gasteiger partial charge < -0.3 is 5.73 Å². The molecule has 1 aliphatic rings. The average Bonchev–Trinajstić information content (AvgIpc) is 2.38. The van der Waals surface area contributed by atoms with Gasteiger partial charge in [-0.25, -0.2) is 0 Å². The normalized spacial score (nSPS) is 30.6. The van der Waals surface area contributed by atoms with Crippen LogP contribution in [0.3, 0.4) is 0 Å². The summed E-state index contributed by atoms with van der Waals surface area (Å²) in [6.07, 6.45) is 5.30. The maximum Gasteiger partial charge on any atom is 0.0136 e. The number of rotatable bonds is 3. The van der Waals surface area contributed by atoms with Crippen molar-refractivity contribution in [3.8, 4) is 0 Å². The molecule has 0 bridgehead atoms. The van der Waals surface area contributed by atoms with Gasteiger partial charge in [0.05, 0.1) is 0 Å². The smallest absolute Gasteiger partial charge is 0.0136 e. The van der Waals surface area contributed by atoms with Gasteiger partial charge in [0.1, 0.15) is 0 Å². The standard InChI is InChI=1S/C12H26N2/c1-4-12-11(9-13)7-5-6-8-14(12)10(2)3/h10-12H,4-9,13H2,1-3H3/t11-,12-/m1/s1. The van der Waals surface area contributed by atoms with Gasteiger partial charge in [-0.3, -0.25) is 4.90 Å². The molecule has 0 aromatic heterocycles. The Balaban J connectivity index is 2.69. The quantitative estimate of drug-likeness (QED) is 0.753. The van der Waals surface area contributed by atoms with Gasteiger partial charge in [0, 0.05) is 12.1 Å². The van der Waals surface area contributed by atoms with Gasteiger partial charge in [-0.1, -0.05) is 13.3 Å². The summed E-state index contributed by atoms with van der Waals surface area (Å²) in [6.45, 7) is 9.05. The van der Waals surface area contributed by atoms with Crippen molar-refractivity contribution in [2.75, 3.05) is 13.1 Å². The zero-order valence-electron chi connectivity index (χ0n) is 10.00. The van der Waals surface area contributed by atoms with Gasteiger partial charge in [0.2, 0.25) is 0 Å². The Morgan fingerprint density at radius 2 is 2.07 bits per heavy atom. The summed E-state index contributed by atoms with van der Waals surface area (Å²) in [6, 6.07) is 1.40. The highest BCUT2D eigenvalue weighted by Gasteiger charge is 2.28. The molecule has 0 aromatic carbocycles. The second-order valence-corrected chi connectivity index (χ2v) is 4.80. The second kappa shape index (κ2) is 5.72. The van der Waals surface area contributed by atoms with Crippen molar-refractivity contribution in [1.29, 1.82) is 0 Å². The van der Waals surface area contributed by atoms with Crippen LogP contribution in [0.4, 0.5) is 0 Å². The highest BCUT2D eigenvalue weighted by atomic mass is 15.2. The lowest BCUT2D eigenvalue weighted by Crippen LogP contribution is -2.45. The van der Waals surface area contributed by atoms with E-state index in [0.29, 0.717) is 6.04 Å². The molecule has 2 N–H and O–H groups in total. The fourth-order valence-corrected chi connectivity index (χ4v) is 2.81. The van der Waals surface area contributed by atoms with Crippen LogP contribution in [-0.2, 0) is 0 Å². The lowest BCUT2D eigenvalue weighted by Gasteiger charge is -2.36. The summed E-state index contributed by atoms with van der Waals surface area (Å²) in [4.78, 5) is 2.66. The molecule has 2 nitrogen and oxygen atoms in total. The Bertz CT molecular complexity index is 156. The van der Waals surface area contributed by atoms with Crippen molar-refractivity contribution in [2.24, 2.45) is 11.7 Å². The third-order valence-corrected chi connectivity index (χ3v) is 3.60. The van der Waals surface area contributed by atoms with Gasteiger partial charge in [-0.05, 0) is 52.1 Å². The molecule has 2 heteroatoms. The molecule has 1 aliphatic heterocycles. The van der Waals surface area contributed by atoms with Crippen molar-refractivity contribution in [3.05, 3.63) is 0 Å². The molecule has 2 atom stereocenters. The van der Waals surface area contributed by atoms with E-state index in [4.69, 9.17) is 5.73 Å². The molecule has 0 aromatic rings. The molecule has 1 saturated heterocycles. The molecule has 0 saturated carbocycles. The fraction of sp³-hybridized carbons (Fsp3) is 1.00.